The van der Waals surface area contributed by atoms with Crippen LogP contribution in [0.1, 0.15) is 19.9 Å². The minimum Gasteiger partial charge on any atom is -0.390 e. The number of nitrogens with zero attached hydrogens (tertiary/aromatic N) is 3. The second kappa shape index (κ2) is 4.67. The number of benzene rings is 1. The quantitative estimate of drug-likeness (QED) is 0.820. The van der Waals surface area contributed by atoms with Gasteiger partial charge in [-0.2, -0.15) is 0 Å². The average molecular weight is 231 g/mol. The summed E-state index contributed by atoms with van der Waals surface area (Å²) in [5, 5.41) is 18.3. The van der Waals surface area contributed by atoms with Gasteiger partial charge in [0, 0.05) is 0 Å². The van der Waals surface area contributed by atoms with Gasteiger partial charge in [0.1, 0.15) is 5.52 Å². The third-order valence-corrected chi connectivity index (χ3v) is 2.93. The summed E-state index contributed by atoms with van der Waals surface area (Å²) >= 11 is 0. The van der Waals surface area contributed by atoms with Crippen LogP contribution in [0.2, 0.25) is 0 Å². The lowest BCUT2D eigenvalue weighted by molar-refractivity contribution is 0.0844. The highest BCUT2D eigenvalue weighted by atomic mass is 16.3. The molecule has 17 heavy (non-hydrogen) atoms. The van der Waals surface area contributed by atoms with Gasteiger partial charge in [-0.05, 0) is 18.1 Å². The summed E-state index contributed by atoms with van der Waals surface area (Å²) in [4.78, 5) is 0. The number of fused-ring (bicyclic) bond motifs is 1. The predicted octanol–water partition coefficient (Wildman–Crippen LogP) is 2.18. The first-order valence-corrected chi connectivity index (χ1v) is 5.75. The Morgan fingerprint density at radius 1 is 1.35 bits per heavy atom. The first kappa shape index (κ1) is 11.8. The predicted molar refractivity (Wildman–Crippen MR) is 67.6 cm³/mol. The zero-order chi connectivity index (χ0) is 12.4. The van der Waals surface area contributed by atoms with Crippen LogP contribution >= 0.6 is 0 Å². The molecular formula is C13H17N3O. The molecule has 0 fully saturated rings. The van der Waals surface area contributed by atoms with Gasteiger partial charge >= 0.3 is 0 Å². The van der Waals surface area contributed by atoms with Gasteiger partial charge in [0.25, 0.3) is 0 Å². The van der Waals surface area contributed by atoms with E-state index in [-0.39, 0.29) is 12.0 Å². The van der Waals surface area contributed by atoms with E-state index in [0.29, 0.717) is 0 Å². The first-order chi connectivity index (χ1) is 8.15. The molecule has 0 spiro atoms. The molecule has 0 aliphatic rings. The van der Waals surface area contributed by atoms with Crippen molar-refractivity contribution in [2.75, 3.05) is 0 Å². The maximum Gasteiger partial charge on any atom is 0.113 e. The third-order valence-electron chi connectivity index (χ3n) is 2.93. The van der Waals surface area contributed by atoms with E-state index in [1.165, 1.54) is 0 Å². The fourth-order valence-corrected chi connectivity index (χ4v) is 1.89. The van der Waals surface area contributed by atoms with Crippen molar-refractivity contribution in [3.8, 4) is 0 Å². The van der Waals surface area contributed by atoms with Gasteiger partial charge in [-0.3, -0.25) is 0 Å². The summed E-state index contributed by atoms with van der Waals surface area (Å²) in [6.45, 7) is 7.72. The molecule has 0 bridgehead atoms. The van der Waals surface area contributed by atoms with Crippen molar-refractivity contribution in [1.29, 1.82) is 0 Å². The van der Waals surface area contributed by atoms with Crippen molar-refractivity contribution >= 4 is 11.0 Å². The van der Waals surface area contributed by atoms with Crippen LogP contribution in [0.15, 0.2) is 36.9 Å². The first-order valence-electron chi connectivity index (χ1n) is 5.75. The highest BCUT2D eigenvalue weighted by Crippen LogP contribution is 2.22. The Morgan fingerprint density at radius 3 is 2.71 bits per heavy atom. The smallest absolute Gasteiger partial charge is 0.113 e. The Hall–Kier alpha value is -1.68. The molecule has 0 saturated heterocycles. The van der Waals surface area contributed by atoms with Gasteiger partial charge in [-0.15, -0.1) is 11.7 Å². The molecule has 0 aliphatic carbocycles. The number of para-hydroxylation sites is 1. The topological polar surface area (TPSA) is 50.9 Å². The molecule has 1 N–H and O–H groups in total. The van der Waals surface area contributed by atoms with Crippen molar-refractivity contribution < 1.29 is 5.11 Å². The van der Waals surface area contributed by atoms with Gasteiger partial charge < -0.3 is 5.11 Å². The molecule has 2 unspecified atom stereocenters. The van der Waals surface area contributed by atoms with Crippen LogP contribution in [-0.4, -0.2) is 26.2 Å². The Balaban J connectivity index is 2.47. The summed E-state index contributed by atoms with van der Waals surface area (Å²) in [7, 11) is 0. The van der Waals surface area contributed by atoms with Crippen LogP contribution in [0.3, 0.4) is 0 Å². The molecule has 1 aromatic heterocycles. The number of hydrogen-bond donors (Lipinski definition) is 1. The molecule has 2 aromatic rings. The Labute approximate surface area is 101 Å². The summed E-state index contributed by atoms with van der Waals surface area (Å²) < 4.78 is 1.73. The molecule has 90 valence electrons. The van der Waals surface area contributed by atoms with Crippen LogP contribution in [0.5, 0.6) is 0 Å². The Kier molecular flexibility index (Phi) is 3.24. The molecule has 0 radical (unpaired) electrons. The van der Waals surface area contributed by atoms with E-state index in [1.54, 1.807) is 10.8 Å². The number of aliphatic hydroxyl groups is 1. The van der Waals surface area contributed by atoms with Crippen molar-refractivity contribution in [1.82, 2.24) is 15.0 Å². The van der Waals surface area contributed by atoms with Gasteiger partial charge in [0.05, 0.1) is 17.7 Å². The Morgan fingerprint density at radius 2 is 2.06 bits per heavy atom. The van der Waals surface area contributed by atoms with E-state index >= 15 is 0 Å². The largest absolute Gasteiger partial charge is 0.390 e. The van der Waals surface area contributed by atoms with Crippen molar-refractivity contribution in [2.45, 2.75) is 26.0 Å². The molecule has 0 aliphatic heterocycles. The van der Waals surface area contributed by atoms with E-state index in [2.05, 4.69) is 16.9 Å². The maximum absolute atomic E-state index is 10.2. The summed E-state index contributed by atoms with van der Waals surface area (Å²) in [5.74, 6) is 0.140. The van der Waals surface area contributed by atoms with Crippen LogP contribution in [0, 0.1) is 5.92 Å². The molecule has 4 nitrogen and oxygen atoms in total. The monoisotopic (exact) mass is 231 g/mol. The average Bonchev–Trinajstić information content (AvgIpc) is 2.74. The van der Waals surface area contributed by atoms with E-state index in [4.69, 9.17) is 0 Å². The fraction of sp³-hybridized carbons (Fsp3) is 0.385. The highest BCUT2D eigenvalue weighted by Gasteiger charge is 2.23. The van der Waals surface area contributed by atoms with E-state index < -0.39 is 6.10 Å². The molecule has 2 atom stereocenters. The molecule has 4 heteroatoms. The lowest BCUT2D eigenvalue weighted by Gasteiger charge is -2.23. The second-order valence-corrected chi connectivity index (χ2v) is 4.48. The third kappa shape index (κ3) is 2.08. The minimum absolute atomic E-state index is 0.140. The number of aliphatic hydroxyl groups excluding tert-OH is 1. The van der Waals surface area contributed by atoms with Crippen molar-refractivity contribution in [3.05, 3.63) is 36.9 Å². The number of hydrogen-bond acceptors (Lipinski definition) is 3. The lowest BCUT2D eigenvalue weighted by atomic mass is 10.00. The molecule has 2 rings (SSSR count). The normalized spacial score (nSPS) is 15.1. The van der Waals surface area contributed by atoms with Gasteiger partial charge in [0.2, 0.25) is 0 Å². The summed E-state index contributed by atoms with van der Waals surface area (Å²) in [6.07, 6.45) is 1.20. The van der Waals surface area contributed by atoms with Crippen LogP contribution in [0.4, 0.5) is 0 Å². The van der Waals surface area contributed by atoms with Crippen LogP contribution in [-0.2, 0) is 0 Å². The van der Waals surface area contributed by atoms with E-state index in [9.17, 15) is 5.11 Å². The second-order valence-electron chi connectivity index (χ2n) is 4.48. The molecular weight excluding hydrogens is 214 g/mol. The molecule has 0 amide bonds. The summed E-state index contributed by atoms with van der Waals surface area (Å²) in [6, 6.07) is 7.45. The van der Waals surface area contributed by atoms with Gasteiger partial charge in [0.15, 0.2) is 0 Å². The highest BCUT2D eigenvalue weighted by molar-refractivity contribution is 5.74. The fourth-order valence-electron chi connectivity index (χ4n) is 1.89. The van der Waals surface area contributed by atoms with Crippen molar-refractivity contribution in [2.24, 2.45) is 5.92 Å². The lowest BCUT2D eigenvalue weighted by Crippen LogP contribution is -2.28. The molecule has 0 saturated carbocycles. The summed E-state index contributed by atoms with van der Waals surface area (Å²) in [5.41, 5.74) is 1.74. The van der Waals surface area contributed by atoms with Crippen molar-refractivity contribution in [3.63, 3.8) is 0 Å². The Bertz CT molecular complexity index is 518. The minimum atomic E-state index is -0.516. The van der Waals surface area contributed by atoms with Gasteiger partial charge in [-0.25, -0.2) is 4.68 Å². The standard InChI is InChI=1S/C13H17N3O/c1-4-11(13(17)9(2)3)16-12-8-6-5-7-10(12)14-15-16/h4-9,11,13,17H,1H2,2-3H3. The number of rotatable bonds is 4. The van der Waals surface area contributed by atoms with Crippen LogP contribution < -0.4 is 0 Å². The molecule has 1 aromatic carbocycles. The zero-order valence-electron chi connectivity index (χ0n) is 10.1. The van der Waals surface area contributed by atoms with E-state index in [0.717, 1.165) is 11.0 Å². The van der Waals surface area contributed by atoms with Crippen LogP contribution in [0.25, 0.3) is 11.0 Å². The number of aromatic nitrogens is 3. The SMILES string of the molecule is C=CC(C(O)C(C)C)n1nnc2ccccc21. The molecule has 1 heterocycles. The maximum atomic E-state index is 10.2. The van der Waals surface area contributed by atoms with Gasteiger partial charge in [-0.1, -0.05) is 37.3 Å². The zero-order valence-corrected chi connectivity index (χ0v) is 10.1. The van der Waals surface area contributed by atoms with E-state index in [1.807, 2.05) is 38.1 Å².